The Balaban J connectivity index is 1.73. The molecule has 0 saturated carbocycles. The molecule has 2 N–H and O–H groups in total. The average molecular weight is 269 g/mol. The van der Waals surface area contributed by atoms with Gasteiger partial charge in [0, 0.05) is 6.54 Å². The minimum atomic E-state index is -0.421. The molecule has 1 atom stereocenters. The molecule has 1 aliphatic rings. The summed E-state index contributed by atoms with van der Waals surface area (Å²) < 4.78 is 5.83. The number of hydrogen-bond acceptors (Lipinski definition) is 3. The van der Waals surface area contributed by atoms with Crippen molar-refractivity contribution < 1.29 is 9.84 Å². The van der Waals surface area contributed by atoms with Gasteiger partial charge in [0.15, 0.2) is 0 Å². The highest BCUT2D eigenvalue weighted by atomic mass is 16.5. The largest absolute Gasteiger partial charge is 0.489 e. The molecule has 0 radical (unpaired) electrons. The molecule has 0 fully saturated rings. The number of aliphatic hydroxyl groups is 1. The molecule has 2 aromatic rings. The lowest BCUT2D eigenvalue weighted by molar-refractivity contribution is 0.178. The quantitative estimate of drug-likeness (QED) is 0.899. The third-order valence-corrected chi connectivity index (χ3v) is 3.63. The van der Waals surface area contributed by atoms with Crippen molar-refractivity contribution in [1.29, 1.82) is 0 Å². The second-order valence-electron chi connectivity index (χ2n) is 5.10. The normalized spacial score (nSPS) is 18.1. The van der Waals surface area contributed by atoms with E-state index in [1.54, 1.807) is 0 Å². The Morgan fingerprint density at radius 2 is 2.00 bits per heavy atom. The first-order chi connectivity index (χ1) is 9.83. The lowest BCUT2D eigenvalue weighted by Gasteiger charge is -2.13. The Morgan fingerprint density at radius 3 is 2.85 bits per heavy atom. The molecule has 0 spiro atoms. The predicted octanol–water partition coefficient (Wildman–Crippen LogP) is 2.44. The molecule has 0 saturated heterocycles. The van der Waals surface area contributed by atoms with Gasteiger partial charge in [0.1, 0.15) is 12.4 Å². The molecular formula is C17H19NO2. The van der Waals surface area contributed by atoms with E-state index in [9.17, 15) is 5.11 Å². The van der Waals surface area contributed by atoms with Crippen molar-refractivity contribution in [3.05, 3.63) is 65.2 Å². The second-order valence-corrected chi connectivity index (χ2v) is 5.10. The fourth-order valence-electron chi connectivity index (χ4n) is 2.53. The summed E-state index contributed by atoms with van der Waals surface area (Å²) in [5.74, 6) is 0.863. The fraction of sp³-hybridized carbons (Fsp3) is 0.294. The van der Waals surface area contributed by atoms with Crippen molar-refractivity contribution in [2.45, 2.75) is 19.1 Å². The van der Waals surface area contributed by atoms with Crippen LogP contribution in [-0.4, -0.2) is 18.2 Å². The minimum absolute atomic E-state index is 0.421. The summed E-state index contributed by atoms with van der Waals surface area (Å²) in [6.07, 6.45) is 0.505. The van der Waals surface area contributed by atoms with E-state index in [1.165, 1.54) is 5.56 Å². The molecule has 3 heteroatoms. The third-order valence-electron chi connectivity index (χ3n) is 3.63. The summed E-state index contributed by atoms with van der Waals surface area (Å²) in [5.41, 5.74) is 3.35. The summed E-state index contributed by atoms with van der Waals surface area (Å²) in [4.78, 5) is 0. The molecule has 20 heavy (non-hydrogen) atoms. The summed E-state index contributed by atoms with van der Waals surface area (Å²) >= 11 is 0. The Bertz CT molecular complexity index is 568. The van der Waals surface area contributed by atoms with E-state index in [-0.39, 0.29) is 0 Å². The van der Waals surface area contributed by atoms with Crippen molar-refractivity contribution in [3.8, 4) is 5.75 Å². The maximum Gasteiger partial charge on any atom is 0.120 e. The van der Waals surface area contributed by atoms with Gasteiger partial charge >= 0.3 is 0 Å². The van der Waals surface area contributed by atoms with Crippen LogP contribution in [0.15, 0.2) is 48.5 Å². The van der Waals surface area contributed by atoms with Gasteiger partial charge in [0.05, 0.1) is 6.10 Å². The Morgan fingerprint density at radius 1 is 1.15 bits per heavy atom. The van der Waals surface area contributed by atoms with Gasteiger partial charge in [0.25, 0.3) is 0 Å². The number of aliphatic hydroxyl groups excluding tert-OH is 1. The molecule has 3 nitrogen and oxygen atoms in total. The number of fused-ring (bicyclic) bond motifs is 1. The van der Waals surface area contributed by atoms with Crippen LogP contribution in [0.25, 0.3) is 0 Å². The van der Waals surface area contributed by atoms with Crippen LogP contribution in [0, 0.1) is 0 Å². The van der Waals surface area contributed by atoms with Crippen LogP contribution in [0.2, 0.25) is 0 Å². The van der Waals surface area contributed by atoms with Crippen molar-refractivity contribution in [2.75, 3.05) is 13.1 Å². The number of hydrogen-bond donors (Lipinski definition) is 2. The van der Waals surface area contributed by atoms with Crippen LogP contribution in [0.1, 0.15) is 22.8 Å². The highest BCUT2D eigenvalue weighted by Crippen LogP contribution is 2.25. The lowest BCUT2D eigenvalue weighted by atomic mass is 10.0. The van der Waals surface area contributed by atoms with Gasteiger partial charge in [-0.3, -0.25) is 0 Å². The molecular weight excluding hydrogens is 250 g/mol. The van der Waals surface area contributed by atoms with E-state index < -0.39 is 6.10 Å². The second kappa shape index (κ2) is 6.07. The summed E-state index contributed by atoms with van der Waals surface area (Å²) in [7, 11) is 0. The molecule has 1 unspecified atom stereocenters. The zero-order valence-corrected chi connectivity index (χ0v) is 11.4. The number of benzene rings is 2. The molecule has 3 rings (SSSR count). The Hall–Kier alpha value is -1.84. The van der Waals surface area contributed by atoms with E-state index in [2.05, 4.69) is 23.5 Å². The van der Waals surface area contributed by atoms with E-state index in [4.69, 9.17) is 4.74 Å². The molecule has 104 valence electrons. The van der Waals surface area contributed by atoms with Crippen molar-refractivity contribution in [1.82, 2.24) is 5.32 Å². The first-order valence-corrected chi connectivity index (χ1v) is 7.01. The molecule has 1 aliphatic heterocycles. The van der Waals surface area contributed by atoms with Gasteiger partial charge in [-0.1, -0.05) is 36.4 Å². The summed E-state index contributed by atoms with van der Waals surface area (Å²) in [6.45, 7) is 2.09. The van der Waals surface area contributed by atoms with E-state index in [1.807, 2.05) is 30.3 Å². The van der Waals surface area contributed by atoms with Crippen LogP contribution in [0.4, 0.5) is 0 Å². The molecule has 1 heterocycles. The first kappa shape index (κ1) is 13.2. The monoisotopic (exact) mass is 269 g/mol. The molecule has 0 aliphatic carbocycles. The topological polar surface area (TPSA) is 41.5 Å². The van der Waals surface area contributed by atoms with E-state index in [0.717, 1.165) is 29.8 Å². The van der Waals surface area contributed by atoms with Crippen LogP contribution >= 0.6 is 0 Å². The maximum absolute atomic E-state index is 10.0. The van der Waals surface area contributed by atoms with Gasteiger partial charge in [-0.15, -0.1) is 0 Å². The van der Waals surface area contributed by atoms with Crippen LogP contribution in [0.3, 0.4) is 0 Å². The van der Waals surface area contributed by atoms with Crippen LogP contribution in [0.5, 0.6) is 5.75 Å². The van der Waals surface area contributed by atoms with Gasteiger partial charge in [-0.25, -0.2) is 0 Å². The zero-order valence-electron chi connectivity index (χ0n) is 11.4. The third kappa shape index (κ3) is 3.00. The number of β-amino-alcohol motifs (C(OH)–C–C–N with tert-alkyl or cyclic N) is 1. The molecule has 0 amide bonds. The van der Waals surface area contributed by atoms with Crippen LogP contribution < -0.4 is 10.1 Å². The SMILES string of the molecule is OC1CNCCc2cc(OCc3ccccc3)ccc21. The molecule has 0 bridgehead atoms. The summed E-state index contributed by atoms with van der Waals surface area (Å²) in [6, 6.07) is 16.1. The van der Waals surface area contributed by atoms with Crippen molar-refractivity contribution in [2.24, 2.45) is 0 Å². The maximum atomic E-state index is 10.0. The first-order valence-electron chi connectivity index (χ1n) is 7.01. The highest BCUT2D eigenvalue weighted by molar-refractivity contribution is 5.38. The lowest BCUT2D eigenvalue weighted by Crippen LogP contribution is -2.19. The van der Waals surface area contributed by atoms with Gasteiger partial charge in [-0.2, -0.15) is 0 Å². The van der Waals surface area contributed by atoms with E-state index in [0.29, 0.717) is 13.2 Å². The Kier molecular flexibility index (Phi) is 4.00. The van der Waals surface area contributed by atoms with Gasteiger partial charge < -0.3 is 15.2 Å². The minimum Gasteiger partial charge on any atom is -0.489 e. The highest BCUT2D eigenvalue weighted by Gasteiger charge is 2.16. The summed E-state index contributed by atoms with van der Waals surface area (Å²) in [5, 5.41) is 13.3. The van der Waals surface area contributed by atoms with Gasteiger partial charge in [0.2, 0.25) is 0 Å². The number of ether oxygens (including phenoxy) is 1. The average Bonchev–Trinajstić information content (AvgIpc) is 2.68. The zero-order chi connectivity index (χ0) is 13.8. The smallest absolute Gasteiger partial charge is 0.120 e. The number of rotatable bonds is 3. The standard InChI is InChI=1S/C17H19NO2/c19-17-11-18-9-8-14-10-15(6-7-16(14)17)20-12-13-4-2-1-3-5-13/h1-7,10,17-19H,8-9,11-12H2. The fourth-order valence-corrected chi connectivity index (χ4v) is 2.53. The van der Waals surface area contributed by atoms with Crippen LogP contribution in [-0.2, 0) is 13.0 Å². The van der Waals surface area contributed by atoms with Crippen molar-refractivity contribution >= 4 is 0 Å². The molecule has 2 aromatic carbocycles. The predicted molar refractivity (Wildman–Crippen MR) is 78.7 cm³/mol. The Labute approximate surface area is 119 Å². The molecule has 0 aromatic heterocycles. The van der Waals surface area contributed by atoms with Gasteiger partial charge in [-0.05, 0) is 41.8 Å². The number of nitrogens with one attached hydrogen (secondary N) is 1. The van der Waals surface area contributed by atoms with Crippen molar-refractivity contribution in [3.63, 3.8) is 0 Å². The van der Waals surface area contributed by atoms with E-state index >= 15 is 0 Å².